The zero-order valence-corrected chi connectivity index (χ0v) is 12.6. The third-order valence-corrected chi connectivity index (χ3v) is 5.90. The highest BCUT2D eigenvalue weighted by atomic mass is 32.2. The summed E-state index contributed by atoms with van der Waals surface area (Å²) in [5.74, 6) is 0.793. The van der Waals surface area contributed by atoms with Crippen molar-refractivity contribution in [2.24, 2.45) is 0 Å². The molecule has 1 aliphatic heterocycles. The maximum Gasteiger partial charge on any atom is 0.270 e. The summed E-state index contributed by atoms with van der Waals surface area (Å²) in [6.07, 6.45) is 1.37. The van der Waals surface area contributed by atoms with Crippen LogP contribution in [0.4, 0.5) is 5.69 Å². The molecule has 0 aliphatic carbocycles. The molecule has 1 heterocycles. The van der Waals surface area contributed by atoms with E-state index in [-0.39, 0.29) is 16.7 Å². The fourth-order valence-electron chi connectivity index (χ4n) is 2.47. The smallest absolute Gasteiger partial charge is 0.270 e. The van der Waals surface area contributed by atoms with E-state index in [1.165, 1.54) is 19.2 Å². The molecule has 0 saturated carbocycles. The van der Waals surface area contributed by atoms with Crippen LogP contribution in [0.3, 0.4) is 0 Å². The molecule has 2 rings (SSSR count). The Balaban J connectivity index is 2.02. The lowest BCUT2D eigenvalue weighted by atomic mass is 10.1. The van der Waals surface area contributed by atoms with E-state index >= 15 is 0 Å². The van der Waals surface area contributed by atoms with Crippen LogP contribution in [-0.2, 0) is 16.4 Å². The lowest BCUT2D eigenvalue weighted by molar-refractivity contribution is -0.384. The lowest BCUT2D eigenvalue weighted by Crippen LogP contribution is -2.30. The molecule has 1 unspecified atom stereocenters. The number of nitro benzene ring substituents is 1. The number of ether oxygens (including phenoxy) is 1. The van der Waals surface area contributed by atoms with Gasteiger partial charge in [-0.25, -0.2) is 8.42 Å². The number of non-ortho nitro benzene ring substituents is 1. The third kappa shape index (κ3) is 3.70. The predicted molar refractivity (Wildman–Crippen MR) is 78.2 cm³/mol. The Morgan fingerprint density at radius 1 is 1.48 bits per heavy atom. The summed E-state index contributed by atoms with van der Waals surface area (Å²) < 4.78 is 28.6. The van der Waals surface area contributed by atoms with Crippen molar-refractivity contribution in [1.29, 1.82) is 0 Å². The first-order valence-electron chi connectivity index (χ1n) is 6.67. The monoisotopic (exact) mass is 314 g/mol. The number of methoxy groups -OCH3 is 1. The molecule has 1 N–H and O–H groups in total. The van der Waals surface area contributed by atoms with Crippen molar-refractivity contribution >= 4 is 15.5 Å². The van der Waals surface area contributed by atoms with E-state index in [9.17, 15) is 18.5 Å². The van der Waals surface area contributed by atoms with Crippen LogP contribution in [0.15, 0.2) is 18.2 Å². The molecule has 7 nitrogen and oxygen atoms in total. The van der Waals surface area contributed by atoms with Crippen LogP contribution < -0.4 is 10.1 Å². The topological polar surface area (TPSA) is 98.5 Å². The maximum atomic E-state index is 11.7. The van der Waals surface area contributed by atoms with E-state index in [2.05, 4.69) is 5.32 Å². The van der Waals surface area contributed by atoms with E-state index in [1.54, 1.807) is 6.07 Å². The number of rotatable bonds is 6. The van der Waals surface area contributed by atoms with Crippen molar-refractivity contribution in [2.75, 3.05) is 19.4 Å². The molecular weight excluding hydrogens is 296 g/mol. The van der Waals surface area contributed by atoms with E-state index in [0.29, 0.717) is 37.2 Å². The molecule has 0 spiro atoms. The predicted octanol–water partition coefficient (Wildman–Crippen LogP) is 1.27. The second-order valence-corrected chi connectivity index (χ2v) is 7.42. The summed E-state index contributed by atoms with van der Waals surface area (Å²) in [5, 5.41) is 13.5. The van der Waals surface area contributed by atoms with Gasteiger partial charge in [-0.3, -0.25) is 10.1 Å². The maximum absolute atomic E-state index is 11.7. The zero-order chi connectivity index (χ0) is 15.5. The van der Waals surface area contributed by atoms with Crippen molar-refractivity contribution < 1.29 is 18.1 Å². The van der Waals surface area contributed by atoms with Crippen LogP contribution in [0.5, 0.6) is 5.75 Å². The number of sulfone groups is 1. The van der Waals surface area contributed by atoms with Crippen LogP contribution in [0.1, 0.15) is 18.4 Å². The third-order valence-electron chi connectivity index (χ3n) is 3.63. The number of hydrogen-bond acceptors (Lipinski definition) is 6. The van der Waals surface area contributed by atoms with Gasteiger partial charge in [0, 0.05) is 30.8 Å². The number of nitrogens with zero attached hydrogens (tertiary/aromatic N) is 1. The molecule has 1 fully saturated rings. The number of benzene rings is 1. The Kier molecular flexibility index (Phi) is 4.79. The van der Waals surface area contributed by atoms with Gasteiger partial charge in [-0.15, -0.1) is 0 Å². The second kappa shape index (κ2) is 6.40. The van der Waals surface area contributed by atoms with Gasteiger partial charge in [0.05, 0.1) is 23.0 Å². The van der Waals surface area contributed by atoms with Crippen molar-refractivity contribution in [2.45, 2.75) is 24.6 Å². The molecule has 1 saturated heterocycles. The molecule has 0 amide bonds. The van der Waals surface area contributed by atoms with Crippen molar-refractivity contribution in [3.63, 3.8) is 0 Å². The second-order valence-electron chi connectivity index (χ2n) is 5.02. The SMILES string of the molecule is COc1ccc([N+](=O)[O-])cc1CNCC1CCCS1(=O)=O. The summed E-state index contributed by atoms with van der Waals surface area (Å²) in [5.41, 5.74) is 0.628. The van der Waals surface area contributed by atoms with Gasteiger partial charge in [-0.2, -0.15) is 0 Å². The molecule has 1 aliphatic rings. The van der Waals surface area contributed by atoms with Gasteiger partial charge < -0.3 is 10.1 Å². The summed E-state index contributed by atoms with van der Waals surface area (Å²) >= 11 is 0. The molecule has 1 aromatic carbocycles. The summed E-state index contributed by atoms with van der Waals surface area (Å²) in [6.45, 7) is 0.686. The van der Waals surface area contributed by atoms with Gasteiger partial charge in [0.15, 0.2) is 9.84 Å². The Morgan fingerprint density at radius 3 is 2.81 bits per heavy atom. The van der Waals surface area contributed by atoms with Crippen LogP contribution in [-0.4, -0.2) is 38.0 Å². The molecule has 0 aromatic heterocycles. The summed E-state index contributed by atoms with van der Waals surface area (Å²) in [4.78, 5) is 10.3. The molecule has 21 heavy (non-hydrogen) atoms. The van der Waals surface area contributed by atoms with Gasteiger partial charge in [0.2, 0.25) is 0 Å². The average Bonchev–Trinajstić information content (AvgIpc) is 2.77. The minimum Gasteiger partial charge on any atom is -0.496 e. The van der Waals surface area contributed by atoms with Gasteiger partial charge >= 0.3 is 0 Å². The largest absolute Gasteiger partial charge is 0.496 e. The molecule has 1 atom stereocenters. The van der Waals surface area contributed by atoms with Crippen LogP contribution in [0.2, 0.25) is 0 Å². The highest BCUT2D eigenvalue weighted by molar-refractivity contribution is 7.92. The number of nitrogens with one attached hydrogen (secondary N) is 1. The normalized spacial score (nSPS) is 20.3. The molecule has 116 valence electrons. The highest BCUT2D eigenvalue weighted by Crippen LogP contribution is 2.24. The Labute approximate surface area is 123 Å². The van der Waals surface area contributed by atoms with E-state index in [0.717, 1.165) is 0 Å². The van der Waals surface area contributed by atoms with Crippen molar-refractivity contribution in [1.82, 2.24) is 5.32 Å². The Hall–Kier alpha value is -1.67. The standard InChI is InChI=1S/C13H18N2O5S/c1-20-13-5-4-11(15(16)17)7-10(13)8-14-9-12-3-2-6-21(12,18)19/h4-5,7,12,14H,2-3,6,8-9H2,1H3. The fraction of sp³-hybridized carbons (Fsp3) is 0.538. The van der Waals surface area contributed by atoms with E-state index < -0.39 is 14.8 Å². The minimum atomic E-state index is -2.98. The van der Waals surface area contributed by atoms with Crippen molar-refractivity contribution in [3.05, 3.63) is 33.9 Å². The number of hydrogen-bond donors (Lipinski definition) is 1. The van der Waals surface area contributed by atoms with E-state index in [1.807, 2.05) is 0 Å². The summed E-state index contributed by atoms with van der Waals surface area (Å²) in [7, 11) is -1.49. The molecule has 8 heteroatoms. The average molecular weight is 314 g/mol. The first-order chi connectivity index (χ1) is 9.94. The van der Waals surface area contributed by atoms with Crippen LogP contribution in [0.25, 0.3) is 0 Å². The van der Waals surface area contributed by atoms with Crippen LogP contribution >= 0.6 is 0 Å². The van der Waals surface area contributed by atoms with Gasteiger partial charge in [0.25, 0.3) is 5.69 Å². The zero-order valence-electron chi connectivity index (χ0n) is 11.7. The highest BCUT2D eigenvalue weighted by Gasteiger charge is 2.30. The molecule has 0 radical (unpaired) electrons. The number of nitro groups is 1. The van der Waals surface area contributed by atoms with Gasteiger partial charge in [0.1, 0.15) is 5.75 Å². The first kappa shape index (κ1) is 15.7. The van der Waals surface area contributed by atoms with Gasteiger partial charge in [-0.1, -0.05) is 0 Å². The molecule has 0 bridgehead atoms. The molecule has 1 aromatic rings. The quantitative estimate of drug-likeness (QED) is 0.627. The Bertz CT molecular complexity index is 629. The summed E-state index contributed by atoms with van der Waals surface area (Å²) in [6, 6.07) is 4.36. The lowest BCUT2D eigenvalue weighted by Gasteiger charge is -2.12. The fourth-order valence-corrected chi connectivity index (χ4v) is 4.27. The molecular formula is C13H18N2O5S. The minimum absolute atomic E-state index is 0.0129. The van der Waals surface area contributed by atoms with Gasteiger partial charge in [-0.05, 0) is 18.9 Å². The first-order valence-corrected chi connectivity index (χ1v) is 8.39. The Morgan fingerprint density at radius 2 is 2.24 bits per heavy atom. The van der Waals surface area contributed by atoms with Crippen molar-refractivity contribution in [3.8, 4) is 5.75 Å². The van der Waals surface area contributed by atoms with Crippen LogP contribution in [0, 0.1) is 10.1 Å². The van der Waals surface area contributed by atoms with E-state index in [4.69, 9.17) is 4.74 Å².